The molecule has 2 heterocycles. The van der Waals surface area contributed by atoms with Crippen molar-refractivity contribution in [1.29, 1.82) is 0 Å². The van der Waals surface area contributed by atoms with Gasteiger partial charge in [0.25, 0.3) is 11.6 Å². The maximum absolute atomic E-state index is 12.0. The minimum absolute atomic E-state index is 0.0394. The molecule has 3 aromatic rings. The Balaban J connectivity index is 2.44. The van der Waals surface area contributed by atoms with Gasteiger partial charge in [-0.3, -0.25) is 24.0 Å². The van der Waals surface area contributed by atoms with Crippen LogP contribution in [0.5, 0.6) is 0 Å². The summed E-state index contributed by atoms with van der Waals surface area (Å²) in [5, 5.41) is 21.0. The van der Waals surface area contributed by atoms with Crippen LogP contribution in [0, 0.1) is 10.1 Å². The fraction of sp³-hybridized carbons (Fsp3) is 0.167. The van der Waals surface area contributed by atoms with Gasteiger partial charge in [0, 0.05) is 20.2 Å². The molecule has 0 aliphatic rings. The molecule has 0 radical (unpaired) electrons. The number of fused-ring (bicyclic) bond motifs is 1. The predicted molar refractivity (Wildman–Crippen MR) is 78.7 cm³/mol. The van der Waals surface area contributed by atoms with Crippen LogP contribution in [0.25, 0.3) is 22.3 Å². The van der Waals surface area contributed by atoms with Gasteiger partial charge in [-0.1, -0.05) is 0 Å². The van der Waals surface area contributed by atoms with Gasteiger partial charge in [0.15, 0.2) is 5.69 Å². The van der Waals surface area contributed by atoms with Crippen LogP contribution in [-0.4, -0.2) is 35.4 Å². The Labute approximate surface area is 127 Å². The number of amides is 1. The van der Waals surface area contributed by atoms with Crippen molar-refractivity contribution in [2.75, 3.05) is 0 Å². The van der Waals surface area contributed by atoms with E-state index in [1.165, 1.54) is 35.4 Å². The van der Waals surface area contributed by atoms with Crippen LogP contribution in [0.15, 0.2) is 16.9 Å². The van der Waals surface area contributed by atoms with Crippen molar-refractivity contribution >= 4 is 22.6 Å². The highest BCUT2D eigenvalue weighted by molar-refractivity contribution is 5.99. The molecule has 1 amide bonds. The number of primary amides is 1. The van der Waals surface area contributed by atoms with Gasteiger partial charge in [0.1, 0.15) is 5.69 Å². The van der Waals surface area contributed by atoms with E-state index in [4.69, 9.17) is 5.73 Å². The molecular weight excluding hydrogens is 306 g/mol. The molecule has 0 fully saturated rings. The van der Waals surface area contributed by atoms with Crippen molar-refractivity contribution in [3.63, 3.8) is 0 Å². The molecule has 0 unspecified atom stereocenters. The summed E-state index contributed by atoms with van der Waals surface area (Å²) < 4.78 is 2.64. The van der Waals surface area contributed by atoms with E-state index < -0.39 is 10.8 Å². The highest BCUT2D eigenvalue weighted by Gasteiger charge is 2.26. The number of nitro benzene ring substituents is 1. The Morgan fingerprint density at radius 3 is 2.43 bits per heavy atom. The monoisotopic (exact) mass is 317 g/mol. The quantitative estimate of drug-likeness (QED) is 0.497. The zero-order chi connectivity index (χ0) is 16.9. The van der Waals surface area contributed by atoms with Gasteiger partial charge in [0.2, 0.25) is 0 Å². The third-order valence-electron chi connectivity index (χ3n) is 3.62. The maximum Gasteiger partial charge on any atom is 0.328 e. The summed E-state index contributed by atoms with van der Waals surface area (Å²) in [4.78, 5) is 34.1. The topological polar surface area (TPSA) is 155 Å². The number of aromatic nitrogens is 5. The van der Waals surface area contributed by atoms with E-state index >= 15 is 0 Å². The Morgan fingerprint density at radius 2 is 1.87 bits per heavy atom. The molecule has 23 heavy (non-hydrogen) atoms. The molecule has 1 aromatic carbocycles. The van der Waals surface area contributed by atoms with Crippen molar-refractivity contribution in [2.24, 2.45) is 19.8 Å². The van der Waals surface area contributed by atoms with E-state index in [1.807, 2.05) is 0 Å². The minimum atomic E-state index is -0.870. The minimum Gasteiger partial charge on any atom is -0.364 e. The van der Waals surface area contributed by atoms with E-state index in [0.29, 0.717) is 11.0 Å². The Bertz CT molecular complexity index is 1030. The van der Waals surface area contributed by atoms with Crippen LogP contribution in [0.2, 0.25) is 0 Å². The van der Waals surface area contributed by atoms with Gasteiger partial charge >= 0.3 is 5.69 Å². The fourth-order valence-corrected chi connectivity index (χ4v) is 2.47. The van der Waals surface area contributed by atoms with E-state index in [1.54, 1.807) is 0 Å². The summed E-state index contributed by atoms with van der Waals surface area (Å²) in [6, 6.07) is 2.67. The van der Waals surface area contributed by atoms with Crippen molar-refractivity contribution in [3.05, 3.63) is 38.4 Å². The average molecular weight is 317 g/mol. The number of rotatable bonds is 3. The van der Waals surface area contributed by atoms with Crippen LogP contribution >= 0.6 is 0 Å². The maximum atomic E-state index is 12.0. The van der Waals surface area contributed by atoms with Gasteiger partial charge in [-0.25, -0.2) is 4.79 Å². The molecule has 11 nitrogen and oxygen atoms in total. The second-order valence-corrected chi connectivity index (χ2v) is 4.90. The molecule has 0 saturated carbocycles. The van der Waals surface area contributed by atoms with E-state index in [-0.39, 0.29) is 28.3 Å². The first-order valence-corrected chi connectivity index (χ1v) is 6.37. The number of aromatic amines is 1. The number of nitrogens with zero attached hydrogens (tertiary/aromatic N) is 5. The molecule has 0 saturated heterocycles. The van der Waals surface area contributed by atoms with Crippen LogP contribution < -0.4 is 11.4 Å². The molecule has 0 aliphatic heterocycles. The first-order valence-electron chi connectivity index (χ1n) is 6.37. The number of H-pyrrole nitrogens is 1. The first kappa shape index (κ1) is 14.4. The molecule has 0 aliphatic carbocycles. The van der Waals surface area contributed by atoms with Gasteiger partial charge < -0.3 is 5.73 Å². The van der Waals surface area contributed by atoms with Crippen LogP contribution in [0.1, 0.15) is 10.5 Å². The lowest BCUT2D eigenvalue weighted by atomic mass is 10.1. The molecular formula is C12H11N7O4. The van der Waals surface area contributed by atoms with Crippen LogP contribution in [0.3, 0.4) is 0 Å². The Hall–Kier alpha value is -3.50. The molecule has 3 N–H and O–H groups in total. The summed E-state index contributed by atoms with van der Waals surface area (Å²) in [5.41, 5.74) is 5.20. The average Bonchev–Trinajstić information content (AvgIpc) is 3.07. The number of nitrogens with one attached hydrogen (secondary N) is 1. The molecule has 118 valence electrons. The standard InChI is InChI=1S/C12H11N7O4/c1-17-7-3-5(9-10(11(13)20)15-16-14-9)6(19(22)23)4-8(7)18(2)12(17)21/h3-4H,1-2H3,(H2,13,20)(H,14,15,16). The lowest BCUT2D eigenvalue weighted by Crippen LogP contribution is -2.19. The van der Waals surface area contributed by atoms with Gasteiger partial charge in [-0.15, -0.1) is 0 Å². The number of nitrogens with two attached hydrogens (primary N) is 1. The van der Waals surface area contributed by atoms with E-state index in [0.717, 1.165) is 0 Å². The zero-order valence-electron chi connectivity index (χ0n) is 12.1. The summed E-state index contributed by atoms with van der Waals surface area (Å²) in [7, 11) is 3.05. The number of hydrogen-bond donors (Lipinski definition) is 2. The molecule has 11 heteroatoms. The Kier molecular flexibility index (Phi) is 2.99. The van der Waals surface area contributed by atoms with Crippen LogP contribution in [0.4, 0.5) is 5.69 Å². The number of benzene rings is 1. The summed E-state index contributed by atoms with van der Waals surface area (Å²) in [6.45, 7) is 0. The SMILES string of the molecule is Cn1c(=O)n(C)c2cc([N+](=O)[O-])c(-c3n[nH]nc3C(N)=O)cc21. The van der Waals surface area contributed by atoms with Gasteiger partial charge in [-0.2, -0.15) is 15.4 Å². The van der Waals surface area contributed by atoms with Crippen LogP contribution in [-0.2, 0) is 14.1 Å². The molecule has 0 bridgehead atoms. The number of carbonyl (C=O) groups is 1. The second kappa shape index (κ2) is 4.76. The largest absolute Gasteiger partial charge is 0.364 e. The highest BCUT2D eigenvalue weighted by atomic mass is 16.6. The zero-order valence-corrected chi connectivity index (χ0v) is 12.1. The predicted octanol–water partition coefficient (Wildman–Crippen LogP) is -0.331. The van der Waals surface area contributed by atoms with Crippen molar-refractivity contribution in [2.45, 2.75) is 0 Å². The van der Waals surface area contributed by atoms with Crippen molar-refractivity contribution < 1.29 is 9.72 Å². The number of hydrogen-bond acceptors (Lipinski definition) is 6. The third-order valence-corrected chi connectivity index (χ3v) is 3.62. The van der Waals surface area contributed by atoms with Crippen molar-refractivity contribution in [1.82, 2.24) is 24.5 Å². The first-order chi connectivity index (χ1) is 10.8. The van der Waals surface area contributed by atoms with Gasteiger partial charge in [-0.05, 0) is 6.07 Å². The summed E-state index contributed by atoms with van der Waals surface area (Å²) >= 11 is 0. The number of imidazole rings is 1. The molecule has 0 spiro atoms. The lowest BCUT2D eigenvalue weighted by molar-refractivity contribution is -0.384. The molecule has 3 rings (SSSR count). The summed E-state index contributed by atoms with van der Waals surface area (Å²) in [6.07, 6.45) is 0. The highest BCUT2D eigenvalue weighted by Crippen LogP contribution is 2.33. The fourth-order valence-electron chi connectivity index (χ4n) is 2.47. The molecule has 0 atom stereocenters. The van der Waals surface area contributed by atoms with Gasteiger partial charge in [0.05, 0.1) is 21.5 Å². The number of aryl methyl sites for hydroxylation is 2. The summed E-state index contributed by atoms with van der Waals surface area (Å²) in [5.74, 6) is -0.870. The lowest BCUT2D eigenvalue weighted by Gasteiger charge is -2.03. The van der Waals surface area contributed by atoms with Crippen molar-refractivity contribution in [3.8, 4) is 11.3 Å². The van der Waals surface area contributed by atoms with E-state index in [9.17, 15) is 19.7 Å². The Morgan fingerprint density at radius 1 is 1.26 bits per heavy atom. The van der Waals surface area contributed by atoms with E-state index in [2.05, 4.69) is 15.4 Å². The number of carbonyl (C=O) groups excluding carboxylic acids is 1. The normalized spacial score (nSPS) is 11.0. The number of nitro groups is 1. The molecule has 2 aromatic heterocycles. The third kappa shape index (κ3) is 1.97. The second-order valence-electron chi connectivity index (χ2n) is 4.90. The smallest absolute Gasteiger partial charge is 0.328 e.